The van der Waals surface area contributed by atoms with Crippen LogP contribution in [-0.4, -0.2) is 22.2 Å². The van der Waals surface area contributed by atoms with Crippen molar-refractivity contribution in [1.29, 1.82) is 0 Å². The number of hydrogen-bond acceptors (Lipinski definition) is 2. The summed E-state index contributed by atoms with van der Waals surface area (Å²) in [6.45, 7) is 1.67. The molecule has 0 atom stereocenters. The summed E-state index contributed by atoms with van der Waals surface area (Å²) in [5.74, 6) is -2.06. The van der Waals surface area contributed by atoms with Crippen LogP contribution in [0.4, 0.5) is 0 Å². The lowest BCUT2D eigenvalue weighted by Crippen LogP contribution is -2.01. The Kier molecular flexibility index (Phi) is 3.95. The van der Waals surface area contributed by atoms with Gasteiger partial charge in [0, 0.05) is 5.57 Å². The van der Waals surface area contributed by atoms with Crippen molar-refractivity contribution < 1.29 is 19.8 Å². The third-order valence-electron chi connectivity index (χ3n) is 1.18. The second-order valence-corrected chi connectivity index (χ2v) is 1.99. The Bertz CT molecular complexity index is 193. The van der Waals surface area contributed by atoms with E-state index < -0.39 is 11.9 Å². The molecule has 0 radical (unpaired) electrons. The fraction of sp³-hybridized carbons (Fsp3) is 0.429. The normalized spacial score (nSPS) is 11.2. The average Bonchev–Trinajstić information content (AvgIpc) is 1.87. The zero-order valence-corrected chi connectivity index (χ0v) is 6.20. The highest BCUT2D eigenvalue weighted by atomic mass is 16.4. The van der Waals surface area contributed by atoms with Crippen LogP contribution in [0.25, 0.3) is 0 Å². The van der Waals surface area contributed by atoms with Crippen LogP contribution in [-0.2, 0) is 9.59 Å². The van der Waals surface area contributed by atoms with E-state index in [9.17, 15) is 9.59 Å². The fourth-order valence-electron chi connectivity index (χ4n) is 0.593. The van der Waals surface area contributed by atoms with Crippen LogP contribution in [0.15, 0.2) is 11.6 Å². The molecule has 0 amide bonds. The molecule has 11 heavy (non-hydrogen) atoms. The first-order valence-electron chi connectivity index (χ1n) is 3.22. The highest BCUT2D eigenvalue weighted by Crippen LogP contribution is 2.01. The zero-order chi connectivity index (χ0) is 8.85. The molecule has 2 N–H and O–H groups in total. The summed E-state index contributed by atoms with van der Waals surface area (Å²) in [7, 11) is 0. The Morgan fingerprint density at radius 1 is 1.36 bits per heavy atom. The highest BCUT2D eigenvalue weighted by Gasteiger charge is 2.03. The molecule has 0 aliphatic carbocycles. The Morgan fingerprint density at radius 2 is 1.91 bits per heavy atom. The number of carbonyl (C=O) groups is 2. The van der Waals surface area contributed by atoms with Crippen LogP contribution >= 0.6 is 0 Å². The van der Waals surface area contributed by atoms with E-state index in [-0.39, 0.29) is 12.0 Å². The molecule has 0 aromatic carbocycles. The predicted molar refractivity (Wildman–Crippen MR) is 38.3 cm³/mol. The molecule has 0 unspecified atom stereocenters. The molecule has 0 aliphatic rings. The number of aliphatic carboxylic acids is 2. The van der Waals surface area contributed by atoms with Crippen molar-refractivity contribution in [2.45, 2.75) is 19.8 Å². The minimum atomic E-state index is -1.05. The number of carboxylic acid groups (broad SMARTS) is 2. The standard InChI is InChI=1S/C7H10O4/c1-2-5(7(10)11)3-4-6(8)9/h3H,2,4H2,1H3,(H,8,9)(H,10,11). The number of rotatable bonds is 4. The second-order valence-electron chi connectivity index (χ2n) is 1.99. The molecule has 0 fully saturated rings. The van der Waals surface area contributed by atoms with E-state index in [0.717, 1.165) is 0 Å². The summed E-state index contributed by atoms with van der Waals surface area (Å²) in [4.78, 5) is 20.3. The maximum absolute atomic E-state index is 10.3. The smallest absolute Gasteiger partial charge is 0.331 e. The maximum Gasteiger partial charge on any atom is 0.331 e. The molecule has 0 saturated heterocycles. The van der Waals surface area contributed by atoms with Crippen LogP contribution in [0.1, 0.15) is 19.8 Å². The van der Waals surface area contributed by atoms with Crippen molar-refractivity contribution in [3.63, 3.8) is 0 Å². The summed E-state index contributed by atoms with van der Waals surface area (Å²) in [5, 5.41) is 16.6. The van der Waals surface area contributed by atoms with Gasteiger partial charge in [0.2, 0.25) is 0 Å². The van der Waals surface area contributed by atoms with E-state index in [0.29, 0.717) is 6.42 Å². The quantitative estimate of drug-likeness (QED) is 0.595. The molecule has 0 rings (SSSR count). The number of hydrogen-bond donors (Lipinski definition) is 2. The Labute approximate surface area is 64.2 Å². The first-order chi connectivity index (χ1) is 5.07. The maximum atomic E-state index is 10.3. The summed E-state index contributed by atoms with van der Waals surface area (Å²) in [6, 6.07) is 0. The van der Waals surface area contributed by atoms with Gasteiger partial charge in [-0.2, -0.15) is 0 Å². The zero-order valence-electron chi connectivity index (χ0n) is 6.20. The first-order valence-corrected chi connectivity index (χ1v) is 3.22. The van der Waals surface area contributed by atoms with Gasteiger partial charge in [0.25, 0.3) is 0 Å². The van der Waals surface area contributed by atoms with Crippen molar-refractivity contribution in [3.05, 3.63) is 11.6 Å². The van der Waals surface area contributed by atoms with Crippen molar-refractivity contribution in [3.8, 4) is 0 Å². The van der Waals surface area contributed by atoms with Gasteiger partial charge >= 0.3 is 11.9 Å². The third kappa shape index (κ3) is 4.13. The van der Waals surface area contributed by atoms with Gasteiger partial charge in [0.15, 0.2) is 0 Å². The van der Waals surface area contributed by atoms with E-state index in [2.05, 4.69) is 0 Å². The van der Waals surface area contributed by atoms with Crippen molar-refractivity contribution in [2.24, 2.45) is 0 Å². The van der Waals surface area contributed by atoms with Crippen LogP contribution in [0.3, 0.4) is 0 Å². The summed E-state index contributed by atoms with van der Waals surface area (Å²) in [6.07, 6.45) is 1.34. The first kappa shape index (κ1) is 9.68. The minimum absolute atomic E-state index is 0.146. The molecule has 0 bridgehead atoms. The predicted octanol–water partition coefficient (Wildman–Crippen LogP) is 0.882. The van der Waals surface area contributed by atoms with E-state index in [4.69, 9.17) is 10.2 Å². The van der Waals surface area contributed by atoms with Crippen molar-refractivity contribution >= 4 is 11.9 Å². The van der Waals surface area contributed by atoms with Crippen LogP contribution < -0.4 is 0 Å². The largest absolute Gasteiger partial charge is 0.481 e. The van der Waals surface area contributed by atoms with E-state index >= 15 is 0 Å². The van der Waals surface area contributed by atoms with Crippen LogP contribution in [0, 0.1) is 0 Å². The summed E-state index contributed by atoms with van der Waals surface area (Å²) < 4.78 is 0. The van der Waals surface area contributed by atoms with Gasteiger partial charge in [0.05, 0.1) is 6.42 Å². The minimum Gasteiger partial charge on any atom is -0.481 e. The molecule has 0 aromatic heterocycles. The summed E-state index contributed by atoms with van der Waals surface area (Å²) >= 11 is 0. The molecule has 4 nitrogen and oxygen atoms in total. The molecule has 4 heteroatoms. The van der Waals surface area contributed by atoms with Crippen molar-refractivity contribution in [1.82, 2.24) is 0 Å². The molecule has 0 saturated carbocycles. The lowest BCUT2D eigenvalue weighted by molar-refractivity contribution is -0.136. The SMILES string of the molecule is CCC(=CCC(=O)O)C(=O)O. The van der Waals surface area contributed by atoms with Gasteiger partial charge in [-0.05, 0) is 6.42 Å². The third-order valence-corrected chi connectivity index (χ3v) is 1.18. The topological polar surface area (TPSA) is 74.6 Å². The van der Waals surface area contributed by atoms with Gasteiger partial charge in [-0.25, -0.2) is 4.79 Å². The lowest BCUT2D eigenvalue weighted by Gasteiger charge is -1.94. The lowest BCUT2D eigenvalue weighted by atomic mass is 10.2. The monoisotopic (exact) mass is 158 g/mol. The molecule has 0 aliphatic heterocycles. The number of carboxylic acids is 2. The van der Waals surface area contributed by atoms with Crippen molar-refractivity contribution in [2.75, 3.05) is 0 Å². The molecular weight excluding hydrogens is 148 g/mol. The Balaban J connectivity index is 4.13. The molecule has 0 aromatic rings. The second kappa shape index (κ2) is 4.49. The fourth-order valence-corrected chi connectivity index (χ4v) is 0.593. The molecule has 0 heterocycles. The van der Waals surface area contributed by atoms with Gasteiger partial charge in [-0.15, -0.1) is 0 Å². The van der Waals surface area contributed by atoms with Crippen LogP contribution in [0.5, 0.6) is 0 Å². The van der Waals surface area contributed by atoms with Gasteiger partial charge in [-0.1, -0.05) is 13.0 Å². The summed E-state index contributed by atoms with van der Waals surface area (Å²) in [5.41, 5.74) is 0.146. The van der Waals surface area contributed by atoms with E-state index in [1.54, 1.807) is 6.92 Å². The Hall–Kier alpha value is -1.32. The highest BCUT2D eigenvalue weighted by molar-refractivity contribution is 5.87. The molecular formula is C7H10O4. The molecule has 0 spiro atoms. The van der Waals surface area contributed by atoms with E-state index in [1.807, 2.05) is 0 Å². The van der Waals surface area contributed by atoms with Crippen LogP contribution in [0.2, 0.25) is 0 Å². The van der Waals surface area contributed by atoms with Gasteiger partial charge in [-0.3, -0.25) is 4.79 Å². The average molecular weight is 158 g/mol. The van der Waals surface area contributed by atoms with Gasteiger partial charge in [0.1, 0.15) is 0 Å². The molecule has 62 valence electrons. The van der Waals surface area contributed by atoms with Gasteiger partial charge < -0.3 is 10.2 Å². The van der Waals surface area contributed by atoms with E-state index in [1.165, 1.54) is 6.08 Å². The Morgan fingerprint density at radius 3 is 2.18 bits per heavy atom.